The maximum absolute atomic E-state index is 12.1. The van der Waals surface area contributed by atoms with E-state index in [0.717, 1.165) is 16.8 Å². The number of primary amides is 1. The summed E-state index contributed by atoms with van der Waals surface area (Å²) in [5, 5.41) is 5.91. The van der Waals surface area contributed by atoms with Crippen molar-refractivity contribution >= 4 is 23.2 Å². The van der Waals surface area contributed by atoms with E-state index in [1.54, 1.807) is 24.3 Å². The number of carbonyl (C=O) groups excluding carboxylic acids is 2. The number of rotatable bonds is 5. The fourth-order valence-corrected chi connectivity index (χ4v) is 2.58. The van der Waals surface area contributed by atoms with Gasteiger partial charge in [0.25, 0.3) is 0 Å². The van der Waals surface area contributed by atoms with Gasteiger partial charge in [-0.2, -0.15) is 0 Å². The molecule has 0 aliphatic carbocycles. The van der Waals surface area contributed by atoms with Gasteiger partial charge in [0.2, 0.25) is 11.8 Å². The Labute approximate surface area is 135 Å². The summed E-state index contributed by atoms with van der Waals surface area (Å²) in [4.78, 5) is 23.2. The van der Waals surface area contributed by atoms with Gasteiger partial charge >= 0.3 is 0 Å². The number of amides is 2. The summed E-state index contributed by atoms with van der Waals surface area (Å²) >= 11 is 0. The van der Waals surface area contributed by atoms with Gasteiger partial charge in [0.15, 0.2) is 0 Å². The van der Waals surface area contributed by atoms with E-state index in [9.17, 15) is 9.59 Å². The van der Waals surface area contributed by atoms with Gasteiger partial charge in [0, 0.05) is 16.9 Å². The molecule has 23 heavy (non-hydrogen) atoms. The Kier molecular flexibility index (Phi) is 5.01. The van der Waals surface area contributed by atoms with E-state index in [-0.39, 0.29) is 12.5 Å². The monoisotopic (exact) mass is 311 g/mol. The van der Waals surface area contributed by atoms with Crippen molar-refractivity contribution in [2.24, 2.45) is 5.73 Å². The molecule has 0 heterocycles. The molecule has 5 nitrogen and oxygen atoms in total. The number of aryl methyl sites for hydroxylation is 3. The second kappa shape index (κ2) is 6.96. The van der Waals surface area contributed by atoms with E-state index in [1.165, 1.54) is 5.56 Å². The molecule has 120 valence electrons. The quantitative estimate of drug-likeness (QED) is 0.794. The van der Waals surface area contributed by atoms with Gasteiger partial charge in [-0.3, -0.25) is 9.59 Å². The third-order valence-electron chi connectivity index (χ3n) is 3.53. The molecule has 0 atom stereocenters. The van der Waals surface area contributed by atoms with Crippen LogP contribution in [-0.4, -0.2) is 18.4 Å². The van der Waals surface area contributed by atoms with Crippen LogP contribution < -0.4 is 16.4 Å². The lowest BCUT2D eigenvalue weighted by Crippen LogP contribution is -2.22. The maximum atomic E-state index is 12.1. The van der Waals surface area contributed by atoms with Gasteiger partial charge in [0.05, 0.1) is 6.54 Å². The largest absolute Gasteiger partial charge is 0.376 e. The smallest absolute Gasteiger partial charge is 0.248 e. The zero-order valence-corrected chi connectivity index (χ0v) is 13.6. The molecule has 0 aliphatic rings. The van der Waals surface area contributed by atoms with Crippen LogP contribution in [0.2, 0.25) is 0 Å². The Hall–Kier alpha value is -2.82. The Morgan fingerprint density at radius 3 is 2.30 bits per heavy atom. The molecule has 0 aromatic heterocycles. The molecule has 0 unspecified atom stereocenters. The highest BCUT2D eigenvalue weighted by Crippen LogP contribution is 2.21. The minimum Gasteiger partial charge on any atom is -0.376 e. The number of nitrogens with one attached hydrogen (secondary N) is 2. The topological polar surface area (TPSA) is 84.2 Å². The van der Waals surface area contributed by atoms with Gasteiger partial charge in [-0.1, -0.05) is 23.8 Å². The van der Waals surface area contributed by atoms with Crippen LogP contribution in [0, 0.1) is 20.8 Å². The fourth-order valence-electron chi connectivity index (χ4n) is 2.58. The minimum atomic E-state index is -0.523. The Morgan fingerprint density at radius 2 is 1.70 bits per heavy atom. The van der Waals surface area contributed by atoms with Crippen LogP contribution >= 0.6 is 0 Å². The van der Waals surface area contributed by atoms with E-state index in [0.29, 0.717) is 11.3 Å². The molecule has 0 aliphatic heterocycles. The summed E-state index contributed by atoms with van der Waals surface area (Å²) in [5.41, 5.74) is 10.5. The highest BCUT2D eigenvalue weighted by molar-refractivity contribution is 5.97. The zero-order valence-electron chi connectivity index (χ0n) is 13.6. The second-order valence-electron chi connectivity index (χ2n) is 5.62. The van der Waals surface area contributed by atoms with Crippen molar-refractivity contribution in [3.63, 3.8) is 0 Å². The van der Waals surface area contributed by atoms with Crippen LogP contribution in [0.25, 0.3) is 0 Å². The summed E-state index contributed by atoms with van der Waals surface area (Å²) < 4.78 is 0. The molecule has 0 saturated heterocycles. The molecule has 2 amide bonds. The van der Waals surface area contributed by atoms with Crippen molar-refractivity contribution in [2.45, 2.75) is 20.8 Å². The first-order chi connectivity index (χ1) is 10.9. The number of benzene rings is 2. The Morgan fingerprint density at radius 1 is 1.04 bits per heavy atom. The summed E-state index contributed by atoms with van der Waals surface area (Å²) in [6.07, 6.45) is 0. The standard InChI is InChI=1S/C18H21N3O2/c1-11-7-12(2)17(13(3)8-11)20-10-16(22)21-15-6-4-5-14(9-15)18(19)23/h4-9,20H,10H2,1-3H3,(H2,19,23)(H,21,22). The average Bonchev–Trinajstić information content (AvgIpc) is 2.46. The van der Waals surface area contributed by atoms with E-state index in [4.69, 9.17) is 5.73 Å². The third-order valence-corrected chi connectivity index (χ3v) is 3.53. The molecule has 0 fully saturated rings. The van der Waals surface area contributed by atoms with Gasteiger partial charge < -0.3 is 16.4 Å². The SMILES string of the molecule is Cc1cc(C)c(NCC(=O)Nc2cccc(C(N)=O)c2)c(C)c1. The lowest BCUT2D eigenvalue weighted by molar-refractivity contribution is -0.114. The molecule has 2 aromatic rings. The normalized spacial score (nSPS) is 10.2. The molecule has 4 N–H and O–H groups in total. The Bertz CT molecular complexity index is 731. The van der Waals surface area contributed by atoms with Crippen LogP contribution in [0.3, 0.4) is 0 Å². The second-order valence-corrected chi connectivity index (χ2v) is 5.62. The molecule has 0 bridgehead atoms. The van der Waals surface area contributed by atoms with Crippen molar-refractivity contribution in [3.05, 3.63) is 58.7 Å². The lowest BCUT2D eigenvalue weighted by atomic mass is 10.1. The van der Waals surface area contributed by atoms with Crippen LogP contribution in [-0.2, 0) is 4.79 Å². The number of anilines is 2. The maximum Gasteiger partial charge on any atom is 0.248 e. The minimum absolute atomic E-state index is 0.144. The number of hydrogen-bond donors (Lipinski definition) is 3. The number of nitrogens with two attached hydrogens (primary N) is 1. The van der Waals surface area contributed by atoms with Crippen molar-refractivity contribution in [1.82, 2.24) is 0 Å². The predicted octanol–water partition coefficient (Wildman–Crippen LogP) is 2.76. The first kappa shape index (κ1) is 16.5. The molecule has 2 rings (SSSR count). The first-order valence-electron chi connectivity index (χ1n) is 7.38. The zero-order chi connectivity index (χ0) is 17.0. The Balaban J connectivity index is 2.01. The fraction of sp³-hybridized carbons (Fsp3) is 0.222. The van der Waals surface area contributed by atoms with Crippen molar-refractivity contribution in [3.8, 4) is 0 Å². The van der Waals surface area contributed by atoms with E-state index in [1.807, 2.05) is 20.8 Å². The van der Waals surface area contributed by atoms with Crippen LogP contribution in [0.15, 0.2) is 36.4 Å². The van der Waals surface area contributed by atoms with Crippen LogP contribution in [0.5, 0.6) is 0 Å². The van der Waals surface area contributed by atoms with Crippen molar-refractivity contribution < 1.29 is 9.59 Å². The first-order valence-corrected chi connectivity index (χ1v) is 7.38. The molecule has 5 heteroatoms. The molecule has 0 radical (unpaired) electrons. The summed E-state index contributed by atoms with van der Waals surface area (Å²) in [5.74, 6) is -0.712. The molecule has 0 spiro atoms. The van der Waals surface area contributed by atoms with Gasteiger partial charge in [-0.15, -0.1) is 0 Å². The van der Waals surface area contributed by atoms with Crippen molar-refractivity contribution in [2.75, 3.05) is 17.2 Å². The molecule has 0 saturated carbocycles. The summed E-state index contributed by atoms with van der Waals surface area (Å²) in [6.45, 7) is 6.21. The lowest BCUT2D eigenvalue weighted by Gasteiger charge is -2.14. The van der Waals surface area contributed by atoms with Crippen LogP contribution in [0.4, 0.5) is 11.4 Å². The molecule has 2 aromatic carbocycles. The van der Waals surface area contributed by atoms with Gasteiger partial charge in [0.1, 0.15) is 0 Å². The van der Waals surface area contributed by atoms with Crippen molar-refractivity contribution in [1.29, 1.82) is 0 Å². The number of hydrogen-bond acceptors (Lipinski definition) is 3. The van der Waals surface area contributed by atoms with Gasteiger partial charge in [-0.25, -0.2) is 0 Å². The summed E-state index contributed by atoms with van der Waals surface area (Å²) in [6, 6.07) is 10.7. The van der Waals surface area contributed by atoms with E-state index < -0.39 is 5.91 Å². The highest BCUT2D eigenvalue weighted by atomic mass is 16.2. The van der Waals surface area contributed by atoms with Crippen LogP contribution in [0.1, 0.15) is 27.0 Å². The third kappa shape index (κ3) is 4.32. The predicted molar refractivity (Wildman–Crippen MR) is 92.7 cm³/mol. The van der Waals surface area contributed by atoms with E-state index in [2.05, 4.69) is 22.8 Å². The van der Waals surface area contributed by atoms with Gasteiger partial charge in [-0.05, 0) is 50.1 Å². The number of carbonyl (C=O) groups is 2. The molecular weight excluding hydrogens is 290 g/mol. The van der Waals surface area contributed by atoms with E-state index >= 15 is 0 Å². The summed E-state index contributed by atoms with van der Waals surface area (Å²) in [7, 11) is 0. The average molecular weight is 311 g/mol. The highest BCUT2D eigenvalue weighted by Gasteiger charge is 2.08. The molecular formula is C18H21N3O2.